The van der Waals surface area contributed by atoms with Gasteiger partial charge in [0.1, 0.15) is 6.61 Å². The molecule has 3 rings (SSSR count). The molecule has 0 spiro atoms. The summed E-state index contributed by atoms with van der Waals surface area (Å²) >= 11 is 12.3. The zero-order valence-electron chi connectivity index (χ0n) is 19.0. The zero-order chi connectivity index (χ0) is 23.8. The smallest absolute Gasteiger partial charge is 0.251 e. The van der Waals surface area contributed by atoms with Gasteiger partial charge in [-0.05, 0) is 42.3 Å². The number of hydrogen-bond acceptors (Lipinski definition) is 4. The Bertz CT molecular complexity index is 1100. The third-order valence-corrected chi connectivity index (χ3v) is 5.53. The van der Waals surface area contributed by atoms with Crippen molar-refractivity contribution in [1.82, 2.24) is 5.32 Å². The summed E-state index contributed by atoms with van der Waals surface area (Å²) < 4.78 is 11.6. The molecule has 3 aromatic rings. The van der Waals surface area contributed by atoms with Crippen LogP contribution in [0.2, 0.25) is 10.0 Å². The Balaban J connectivity index is 1.72. The first kappa shape index (κ1) is 24.7. The standard InChI is InChI=1S/C26H28Cl2N2O3/c1-17(2)14-30-26(31)18-6-4-8-22(12-18)29-15-19-7-5-9-24(32-3)25(19)33-16-20-10-11-21(27)13-23(20)28/h4-13,17,29H,14-16H2,1-3H3,(H,30,31). The van der Waals surface area contributed by atoms with Crippen molar-refractivity contribution < 1.29 is 14.3 Å². The van der Waals surface area contributed by atoms with Crippen molar-refractivity contribution in [3.05, 3.63) is 87.4 Å². The van der Waals surface area contributed by atoms with Crippen LogP contribution in [0.4, 0.5) is 5.69 Å². The van der Waals surface area contributed by atoms with E-state index in [1.807, 2.05) is 42.5 Å². The summed E-state index contributed by atoms with van der Waals surface area (Å²) in [5.41, 5.74) is 3.18. The van der Waals surface area contributed by atoms with Crippen molar-refractivity contribution in [2.24, 2.45) is 5.92 Å². The number of methoxy groups -OCH3 is 1. The monoisotopic (exact) mass is 486 g/mol. The largest absolute Gasteiger partial charge is 0.493 e. The summed E-state index contributed by atoms with van der Waals surface area (Å²) in [7, 11) is 1.61. The van der Waals surface area contributed by atoms with Crippen LogP contribution in [0.5, 0.6) is 11.5 Å². The van der Waals surface area contributed by atoms with Crippen molar-refractivity contribution in [3.63, 3.8) is 0 Å². The van der Waals surface area contributed by atoms with E-state index >= 15 is 0 Å². The van der Waals surface area contributed by atoms with Gasteiger partial charge in [0.2, 0.25) is 0 Å². The molecule has 0 aliphatic rings. The fraction of sp³-hybridized carbons (Fsp3) is 0.269. The van der Waals surface area contributed by atoms with Gasteiger partial charge >= 0.3 is 0 Å². The summed E-state index contributed by atoms with van der Waals surface area (Å²) in [5.74, 6) is 1.56. The molecule has 3 aromatic carbocycles. The number of anilines is 1. The number of carbonyl (C=O) groups excluding carboxylic acids is 1. The number of ether oxygens (including phenoxy) is 2. The van der Waals surface area contributed by atoms with Crippen LogP contribution >= 0.6 is 23.2 Å². The minimum Gasteiger partial charge on any atom is -0.493 e. The van der Waals surface area contributed by atoms with Gasteiger partial charge in [-0.1, -0.05) is 61.3 Å². The fourth-order valence-electron chi connectivity index (χ4n) is 3.18. The second-order valence-electron chi connectivity index (χ2n) is 8.01. The van der Waals surface area contributed by atoms with Crippen molar-refractivity contribution in [3.8, 4) is 11.5 Å². The summed E-state index contributed by atoms with van der Waals surface area (Å²) in [6, 6.07) is 18.5. The Morgan fingerprint density at radius 2 is 1.79 bits per heavy atom. The number of halogens is 2. The molecule has 0 aliphatic heterocycles. The summed E-state index contributed by atoms with van der Waals surface area (Å²) in [5, 5.41) is 7.43. The van der Waals surface area contributed by atoms with Gasteiger partial charge in [0.15, 0.2) is 11.5 Å². The quantitative estimate of drug-likeness (QED) is 0.339. The predicted octanol–water partition coefficient (Wildman–Crippen LogP) is 6.58. The van der Waals surface area contributed by atoms with Crippen LogP contribution < -0.4 is 20.1 Å². The lowest BCUT2D eigenvalue weighted by molar-refractivity contribution is 0.0949. The molecule has 33 heavy (non-hydrogen) atoms. The second-order valence-corrected chi connectivity index (χ2v) is 8.85. The SMILES string of the molecule is COc1cccc(CNc2cccc(C(=O)NCC(C)C)c2)c1OCc1ccc(Cl)cc1Cl. The molecule has 0 aromatic heterocycles. The van der Waals surface area contributed by atoms with Gasteiger partial charge in [0.25, 0.3) is 5.91 Å². The summed E-state index contributed by atoms with van der Waals surface area (Å²) in [6.07, 6.45) is 0. The lowest BCUT2D eigenvalue weighted by Crippen LogP contribution is -2.27. The number of benzene rings is 3. The normalized spacial score (nSPS) is 10.7. The molecule has 0 atom stereocenters. The predicted molar refractivity (Wildman–Crippen MR) is 135 cm³/mol. The maximum absolute atomic E-state index is 12.4. The van der Waals surface area contributed by atoms with Gasteiger partial charge in [-0.3, -0.25) is 4.79 Å². The molecule has 0 fully saturated rings. The Kier molecular flexibility index (Phi) is 8.87. The molecule has 0 saturated heterocycles. The number of para-hydroxylation sites is 1. The third-order valence-electron chi connectivity index (χ3n) is 4.95. The van der Waals surface area contributed by atoms with Crippen LogP contribution in [0.25, 0.3) is 0 Å². The van der Waals surface area contributed by atoms with Gasteiger partial charge in [0, 0.05) is 45.5 Å². The van der Waals surface area contributed by atoms with Crippen LogP contribution in [0.15, 0.2) is 60.7 Å². The molecule has 0 radical (unpaired) electrons. The molecule has 7 heteroatoms. The molecule has 0 unspecified atom stereocenters. The molecule has 0 saturated carbocycles. The Hall–Kier alpha value is -2.89. The van der Waals surface area contributed by atoms with Crippen LogP contribution in [0.3, 0.4) is 0 Å². The highest BCUT2D eigenvalue weighted by molar-refractivity contribution is 6.35. The highest BCUT2D eigenvalue weighted by Gasteiger charge is 2.13. The van der Waals surface area contributed by atoms with Crippen LogP contribution in [-0.4, -0.2) is 19.6 Å². The lowest BCUT2D eigenvalue weighted by atomic mass is 10.1. The van der Waals surface area contributed by atoms with E-state index in [-0.39, 0.29) is 12.5 Å². The molecule has 2 N–H and O–H groups in total. The molecule has 0 aliphatic carbocycles. The van der Waals surface area contributed by atoms with Gasteiger partial charge in [-0.2, -0.15) is 0 Å². The van der Waals surface area contributed by atoms with E-state index in [0.29, 0.717) is 46.1 Å². The summed E-state index contributed by atoms with van der Waals surface area (Å²) in [6.45, 7) is 5.52. The zero-order valence-corrected chi connectivity index (χ0v) is 20.5. The van der Waals surface area contributed by atoms with E-state index in [1.165, 1.54) is 0 Å². The van der Waals surface area contributed by atoms with E-state index in [0.717, 1.165) is 16.8 Å². The van der Waals surface area contributed by atoms with Crippen molar-refractivity contribution in [1.29, 1.82) is 0 Å². The maximum atomic E-state index is 12.4. The van der Waals surface area contributed by atoms with Crippen molar-refractivity contribution in [2.45, 2.75) is 27.0 Å². The number of rotatable bonds is 10. The molecule has 1 amide bonds. The first-order chi connectivity index (χ1) is 15.9. The topological polar surface area (TPSA) is 59.6 Å². The average molecular weight is 487 g/mol. The van der Waals surface area contributed by atoms with Gasteiger partial charge in [-0.25, -0.2) is 0 Å². The molecule has 174 valence electrons. The Morgan fingerprint density at radius 1 is 1.00 bits per heavy atom. The third kappa shape index (κ3) is 7.04. The summed E-state index contributed by atoms with van der Waals surface area (Å²) in [4.78, 5) is 12.4. The maximum Gasteiger partial charge on any atom is 0.251 e. The number of hydrogen-bond donors (Lipinski definition) is 2. The fourth-order valence-corrected chi connectivity index (χ4v) is 3.64. The number of carbonyl (C=O) groups is 1. The van der Waals surface area contributed by atoms with Crippen molar-refractivity contribution in [2.75, 3.05) is 19.0 Å². The number of amides is 1. The average Bonchev–Trinajstić information content (AvgIpc) is 2.81. The number of nitrogens with one attached hydrogen (secondary N) is 2. The molecular weight excluding hydrogens is 459 g/mol. The van der Waals surface area contributed by atoms with E-state index < -0.39 is 0 Å². The molecule has 0 heterocycles. The van der Waals surface area contributed by atoms with Crippen LogP contribution in [0.1, 0.15) is 35.3 Å². The first-order valence-corrected chi connectivity index (χ1v) is 11.5. The highest BCUT2D eigenvalue weighted by atomic mass is 35.5. The van der Waals surface area contributed by atoms with Gasteiger partial charge in [-0.15, -0.1) is 0 Å². The minimum absolute atomic E-state index is 0.0856. The van der Waals surface area contributed by atoms with E-state index in [9.17, 15) is 4.79 Å². The van der Waals surface area contributed by atoms with E-state index in [2.05, 4.69) is 24.5 Å². The van der Waals surface area contributed by atoms with E-state index in [1.54, 1.807) is 25.3 Å². The molecule has 0 bridgehead atoms. The highest BCUT2D eigenvalue weighted by Crippen LogP contribution is 2.33. The van der Waals surface area contributed by atoms with Gasteiger partial charge < -0.3 is 20.1 Å². The minimum atomic E-state index is -0.0856. The first-order valence-electron chi connectivity index (χ1n) is 10.7. The van der Waals surface area contributed by atoms with Crippen LogP contribution in [-0.2, 0) is 13.2 Å². The van der Waals surface area contributed by atoms with Gasteiger partial charge in [0.05, 0.1) is 7.11 Å². The lowest BCUT2D eigenvalue weighted by Gasteiger charge is -2.17. The second kappa shape index (κ2) is 11.8. The molecular formula is C26H28Cl2N2O3. The Labute approximate surface area is 205 Å². The molecule has 5 nitrogen and oxygen atoms in total. The Morgan fingerprint density at radius 3 is 2.52 bits per heavy atom. The van der Waals surface area contributed by atoms with Crippen molar-refractivity contribution >= 4 is 34.8 Å². The van der Waals surface area contributed by atoms with Crippen LogP contribution in [0, 0.1) is 5.92 Å². The van der Waals surface area contributed by atoms with E-state index in [4.69, 9.17) is 32.7 Å².